The van der Waals surface area contributed by atoms with Crippen LogP contribution in [0.5, 0.6) is 5.75 Å². The minimum atomic E-state index is -0.182. The molecular weight excluding hydrogens is 250 g/mol. The van der Waals surface area contributed by atoms with Crippen molar-refractivity contribution in [2.45, 2.75) is 51.7 Å². The van der Waals surface area contributed by atoms with Crippen LogP contribution >= 0.6 is 0 Å². The lowest BCUT2D eigenvalue weighted by molar-refractivity contribution is -0.0469. The third kappa shape index (κ3) is 3.53. The summed E-state index contributed by atoms with van der Waals surface area (Å²) in [7, 11) is 0. The van der Waals surface area contributed by atoms with Gasteiger partial charge in [0.2, 0.25) is 0 Å². The minimum absolute atomic E-state index is 0.174. The Kier molecular flexibility index (Phi) is 4.40. The monoisotopic (exact) mass is 277 g/mol. The zero-order chi connectivity index (χ0) is 14.8. The maximum Gasteiger partial charge on any atom is 0.120 e. The van der Waals surface area contributed by atoms with Gasteiger partial charge in [0.05, 0.1) is 6.61 Å². The van der Waals surface area contributed by atoms with E-state index in [1.165, 1.54) is 5.56 Å². The standard InChI is InChI=1S/C17H27NO2/c1-14-6-8-15(9-7-14)20-17(4)10-5-11-18(12-17)16(2,3)13-19/h6-9,19H,5,10-13H2,1-4H3. The number of piperidine rings is 1. The molecule has 0 saturated carbocycles. The highest BCUT2D eigenvalue weighted by Crippen LogP contribution is 2.30. The van der Waals surface area contributed by atoms with Gasteiger partial charge in [0.25, 0.3) is 0 Å². The average molecular weight is 277 g/mol. The van der Waals surface area contributed by atoms with Crippen LogP contribution in [0.3, 0.4) is 0 Å². The number of aryl methyl sites for hydroxylation is 1. The number of aliphatic hydroxyl groups is 1. The molecule has 1 atom stereocenters. The van der Waals surface area contributed by atoms with Crippen LogP contribution in [0.4, 0.5) is 0 Å². The van der Waals surface area contributed by atoms with Crippen molar-refractivity contribution in [3.8, 4) is 5.75 Å². The van der Waals surface area contributed by atoms with Gasteiger partial charge in [-0.1, -0.05) is 17.7 Å². The van der Waals surface area contributed by atoms with E-state index in [0.717, 1.165) is 31.7 Å². The summed E-state index contributed by atoms with van der Waals surface area (Å²) in [6, 6.07) is 8.24. The Hall–Kier alpha value is -1.06. The fourth-order valence-electron chi connectivity index (χ4n) is 2.80. The number of hydrogen-bond acceptors (Lipinski definition) is 3. The molecule has 3 heteroatoms. The Balaban J connectivity index is 2.08. The Morgan fingerprint density at radius 3 is 2.55 bits per heavy atom. The van der Waals surface area contributed by atoms with E-state index >= 15 is 0 Å². The fraction of sp³-hybridized carbons (Fsp3) is 0.647. The summed E-state index contributed by atoms with van der Waals surface area (Å²) >= 11 is 0. The summed E-state index contributed by atoms with van der Waals surface area (Å²) in [4.78, 5) is 2.34. The van der Waals surface area contributed by atoms with Crippen LogP contribution in [-0.2, 0) is 0 Å². The average Bonchev–Trinajstić information content (AvgIpc) is 2.41. The van der Waals surface area contributed by atoms with E-state index in [0.29, 0.717) is 0 Å². The molecule has 1 unspecified atom stereocenters. The van der Waals surface area contributed by atoms with Crippen LogP contribution < -0.4 is 4.74 Å². The van der Waals surface area contributed by atoms with Gasteiger partial charge in [-0.15, -0.1) is 0 Å². The predicted octanol–water partition coefficient (Wildman–Crippen LogP) is 3.00. The van der Waals surface area contributed by atoms with Gasteiger partial charge in [0.15, 0.2) is 0 Å². The molecule has 1 aromatic carbocycles. The number of likely N-dealkylation sites (tertiary alicyclic amines) is 1. The Labute approximate surface area is 122 Å². The van der Waals surface area contributed by atoms with E-state index < -0.39 is 0 Å². The van der Waals surface area contributed by atoms with Crippen molar-refractivity contribution in [2.24, 2.45) is 0 Å². The van der Waals surface area contributed by atoms with Crippen molar-refractivity contribution in [3.63, 3.8) is 0 Å². The second-order valence-electron chi connectivity index (χ2n) is 6.86. The molecule has 3 nitrogen and oxygen atoms in total. The van der Waals surface area contributed by atoms with Gasteiger partial charge in [-0.2, -0.15) is 0 Å². The molecule has 0 aliphatic carbocycles. The normalized spacial score (nSPS) is 24.6. The van der Waals surface area contributed by atoms with Crippen LogP contribution in [0.2, 0.25) is 0 Å². The maximum atomic E-state index is 9.55. The molecule has 0 spiro atoms. The summed E-state index contributed by atoms with van der Waals surface area (Å²) in [5.74, 6) is 0.932. The number of hydrogen-bond donors (Lipinski definition) is 1. The van der Waals surface area contributed by atoms with Gasteiger partial charge in [0, 0.05) is 12.1 Å². The molecule has 0 bridgehead atoms. The lowest BCUT2D eigenvalue weighted by Gasteiger charge is -2.47. The first-order chi connectivity index (χ1) is 9.35. The highest BCUT2D eigenvalue weighted by atomic mass is 16.5. The highest BCUT2D eigenvalue weighted by molar-refractivity contribution is 5.27. The lowest BCUT2D eigenvalue weighted by atomic mass is 9.90. The zero-order valence-corrected chi connectivity index (χ0v) is 13.1. The number of rotatable bonds is 4. The first kappa shape index (κ1) is 15.3. The third-order valence-electron chi connectivity index (χ3n) is 4.29. The van der Waals surface area contributed by atoms with Crippen molar-refractivity contribution >= 4 is 0 Å². The first-order valence-electron chi connectivity index (χ1n) is 7.46. The molecule has 20 heavy (non-hydrogen) atoms. The van der Waals surface area contributed by atoms with E-state index in [-0.39, 0.29) is 17.7 Å². The van der Waals surface area contributed by atoms with Crippen molar-refractivity contribution < 1.29 is 9.84 Å². The summed E-state index contributed by atoms with van der Waals surface area (Å²) in [6.45, 7) is 10.5. The predicted molar refractivity (Wildman–Crippen MR) is 82.2 cm³/mol. The molecule has 1 aliphatic heterocycles. The van der Waals surface area contributed by atoms with Gasteiger partial charge < -0.3 is 9.84 Å². The minimum Gasteiger partial charge on any atom is -0.486 e. The van der Waals surface area contributed by atoms with Crippen molar-refractivity contribution in [3.05, 3.63) is 29.8 Å². The molecule has 1 aliphatic rings. The van der Waals surface area contributed by atoms with Gasteiger partial charge in [-0.25, -0.2) is 0 Å². The van der Waals surface area contributed by atoms with E-state index in [1.807, 2.05) is 12.1 Å². The molecule has 0 aromatic heterocycles. The molecule has 0 amide bonds. The van der Waals surface area contributed by atoms with Crippen LogP contribution in [0.25, 0.3) is 0 Å². The first-order valence-corrected chi connectivity index (χ1v) is 7.46. The highest BCUT2D eigenvalue weighted by Gasteiger charge is 2.38. The zero-order valence-electron chi connectivity index (χ0n) is 13.1. The molecule has 1 saturated heterocycles. The number of nitrogens with zero attached hydrogens (tertiary/aromatic N) is 1. The SMILES string of the molecule is Cc1ccc(OC2(C)CCCN(C(C)(C)CO)C2)cc1. The summed E-state index contributed by atoms with van der Waals surface area (Å²) in [6.07, 6.45) is 2.16. The molecular formula is C17H27NO2. The Bertz CT molecular complexity index is 441. The van der Waals surface area contributed by atoms with Gasteiger partial charge >= 0.3 is 0 Å². The molecule has 1 fully saturated rings. The topological polar surface area (TPSA) is 32.7 Å². The Morgan fingerprint density at radius 1 is 1.30 bits per heavy atom. The van der Waals surface area contributed by atoms with Crippen LogP contribution in [0.15, 0.2) is 24.3 Å². The summed E-state index contributed by atoms with van der Waals surface area (Å²) in [5, 5.41) is 9.55. The molecule has 1 aromatic rings. The van der Waals surface area contributed by atoms with Crippen molar-refractivity contribution in [1.82, 2.24) is 4.90 Å². The van der Waals surface area contributed by atoms with E-state index in [4.69, 9.17) is 4.74 Å². The largest absolute Gasteiger partial charge is 0.486 e. The van der Waals surface area contributed by atoms with E-state index in [9.17, 15) is 5.11 Å². The van der Waals surface area contributed by atoms with Gasteiger partial charge in [-0.3, -0.25) is 4.90 Å². The van der Waals surface area contributed by atoms with Gasteiger partial charge in [-0.05, 0) is 59.2 Å². The quantitative estimate of drug-likeness (QED) is 0.918. The third-order valence-corrected chi connectivity index (χ3v) is 4.29. The molecule has 112 valence electrons. The number of ether oxygens (including phenoxy) is 1. The smallest absolute Gasteiger partial charge is 0.120 e. The van der Waals surface area contributed by atoms with E-state index in [2.05, 4.69) is 44.7 Å². The fourth-order valence-corrected chi connectivity index (χ4v) is 2.80. The molecule has 0 radical (unpaired) electrons. The molecule has 1 N–H and O–H groups in total. The van der Waals surface area contributed by atoms with Crippen LogP contribution in [-0.4, -0.2) is 40.8 Å². The molecule has 2 rings (SSSR count). The molecule has 1 heterocycles. The maximum absolute atomic E-state index is 9.55. The number of aliphatic hydroxyl groups excluding tert-OH is 1. The summed E-state index contributed by atoms with van der Waals surface area (Å²) in [5.41, 5.74) is 0.882. The second kappa shape index (κ2) is 5.74. The second-order valence-corrected chi connectivity index (χ2v) is 6.86. The number of benzene rings is 1. The van der Waals surface area contributed by atoms with Gasteiger partial charge in [0.1, 0.15) is 11.4 Å². The van der Waals surface area contributed by atoms with Crippen LogP contribution in [0, 0.1) is 6.92 Å². The van der Waals surface area contributed by atoms with Crippen molar-refractivity contribution in [1.29, 1.82) is 0 Å². The van der Waals surface area contributed by atoms with Crippen molar-refractivity contribution in [2.75, 3.05) is 19.7 Å². The summed E-state index contributed by atoms with van der Waals surface area (Å²) < 4.78 is 6.24. The Morgan fingerprint density at radius 2 is 1.95 bits per heavy atom. The lowest BCUT2D eigenvalue weighted by Crippen LogP contribution is -2.58. The van der Waals surface area contributed by atoms with E-state index in [1.54, 1.807) is 0 Å². The van der Waals surface area contributed by atoms with Crippen LogP contribution in [0.1, 0.15) is 39.2 Å².